The first-order valence-electron chi connectivity index (χ1n) is 10.9. The molecule has 0 unspecified atom stereocenters. The van der Waals surface area contributed by atoms with Gasteiger partial charge in [0.2, 0.25) is 0 Å². The topological polar surface area (TPSA) is 89.7 Å². The van der Waals surface area contributed by atoms with Crippen molar-refractivity contribution in [2.24, 2.45) is 5.92 Å². The van der Waals surface area contributed by atoms with Gasteiger partial charge < -0.3 is 4.74 Å². The van der Waals surface area contributed by atoms with E-state index in [1.54, 1.807) is 18.2 Å². The molecule has 0 bridgehead atoms. The highest BCUT2D eigenvalue weighted by molar-refractivity contribution is 9.11. The second kappa shape index (κ2) is 11.0. The lowest BCUT2D eigenvalue weighted by Gasteiger charge is -2.25. The molecule has 178 valence electrons. The highest BCUT2D eigenvalue weighted by Crippen LogP contribution is 2.39. The van der Waals surface area contributed by atoms with E-state index in [0.29, 0.717) is 32.1 Å². The molecular weight excluding hydrogens is 588 g/mol. The molecule has 1 saturated carbocycles. The Morgan fingerprint density at radius 1 is 1.09 bits per heavy atom. The second-order valence-corrected chi connectivity index (χ2v) is 11.0. The number of nitro benzene ring substituents is 1. The molecular formula is C24H22Br2N2O5S. The summed E-state index contributed by atoms with van der Waals surface area (Å²) in [5.74, 6) is 0.740. The van der Waals surface area contributed by atoms with Crippen molar-refractivity contribution in [2.45, 2.75) is 38.7 Å². The highest BCUT2D eigenvalue weighted by atomic mass is 79.9. The summed E-state index contributed by atoms with van der Waals surface area (Å²) in [5.41, 5.74) is 1.57. The summed E-state index contributed by atoms with van der Waals surface area (Å²) in [5, 5.41) is 10.6. The fraction of sp³-hybridized carbons (Fsp3) is 0.333. The van der Waals surface area contributed by atoms with Crippen LogP contribution >= 0.6 is 43.6 Å². The molecule has 10 heteroatoms. The minimum absolute atomic E-state index is 0.0265. The monoisotopic (exact) mass is 608 g/mol. The summed E-state index contributed by atoms with van der Waals surface area (Å²) in [6.45, 7) is 0.736. The molecule has 1 aliphatic heterocycles. The third-order valence-electron chi connectivity index (χ3n) is 5.89. The van der Waals surface area contributed by atoms with Crippen LogP contribution in [0.1, 0.15) is 43.2 Å². The number of hydrogen-bond donors (Lipinski definition) is 0. The van der Waals surface area contributed by atoms with Crippen molar-refractivity contribution in [3.8, 4) is 5.75 Å². The van der Waals surface area contributed by atoms with Gasteiger partial charge in [0.15, 0.2) is 0 Å². The van der Waals surface area contributed by atoms with Crippen LogP contribution in [0.2, 0.25) is 0 Å². The Morgan fingerprint density at radius 3 is 2.35 bits per heavy atom. The van der Waals surface area contributed by atoms with Gasteiger partial charge in [-0.15, -0.1) is 0 Å². The number of carbonyl (C=O) groups is 2. The summed E-state index contributed by atoms with van der Waals surface area (Å²) in [6.07, 6.45) is 7.43. The average molecular weight is 610 g/mol. The zero-order chi connectivity index (χ0) is 24.2. The zero-order valence-corrected chi connectivity index (χ0v) is 22.2. The van der Waals surface area contributed by atoms with Crippen molar-refractivity contribution < 1.29 is 19.2 Å². The molecule has 34 heavy (non-hydrogen) atoms. The quantitative estimate of drug-likeness (QED) is 0.186. The number of thioether (sulfide) groups is 1. The summed E-state index contributed by atoms with van der Waals surface area (Å²) in [4.78, 5) is 37.5. The molecule has 0 spiro atoms. The number of benzene rings is 2. The van der Waals surface area contributed by atoms with Crippen molar-refractivity contribution in [2.75, 3.05) is 6.54 Å². The minimum atomic E-state index is -0.443. The number of carbonyl (C=O) groups excluding carboxylic acids is 2. The Bertz CT molecular complexity index is 1120. The van der Waals surface area contributed by atoms with E-state index in [1.165, 1.54) is 23.5 Å². The molecule has 0 radical (unpaired) electrons. The number of non-ortho nitro benzene ring substituents is 1. The van der Waals surface area contributed by atoms with E-state index in [4.69, 9.17) is 4.74 Å². The first-order chi connectivity index (χ1) is 16.3. The van der Waals surface area contributed by atoms with Crippen molar-refractivity contribution >= 4 is 66.5 Å². The van der Waals surface area contributed by atoms with E-state index in [2.05, 4.69) is 31.9 Å². The number of rotatable bonds is 7. The van der Waals surface area contributed by atoms with Crippen LogP contribution in [0.15, 0.2) is 50.2 Å². The first kappa shape index (κ1) is 24.9. The fourth-order valence-electron chi connectivity index (χ4n) is 4.11. The molecule has 2 fully saturated rings. The predicted octanol–water partition coefficient (Wildman–Crippen LogP) is 7.32. The molecule has 2 aliphatic rings. The molecule has 1 aliphatic carbocycles. The van der Waals surface area contributed by atoms with Gasteiger partial charge in [0.1, 0.15) is 12.4 Å². The Hall–Kier alpha value is -2.17. The van der Waals surface area contributed by atoms with E-state index < -0.39 is 4.92 Å². The van der Waals surface area contributed by atoms with Crippen molar-refractivity contribution in [1.82, 2.24) is 4.90 Å². The van der Waals surface area contributed by atoms with Gasteiger partial charge in [0, 0.05) is 18.7 Å². The number of ether oxygens (including phenoxy) is 1. The molecule has 4 rings (SSSR count). The lowest BCUT2D eigenvalue weighted by atomic mass is 9.89. The summed E-state index contributed by atoms with van der Waals surface area (Å²) >= 11 is 8.01. The highest BCUT2D eigenvalue weighted by Gasteiger charge is 2.36. The molecule has 2 aromatic rings. The van der Waals surface area contributed by atoms with Crippen LogP contribution in [0, 0.1) is 16.0 Å². The number of amides is 2. The van der Waals surface area contributed by atoms with Crippen LogP contribution in [0.5, 0.6) is 5.75 Å². The van der Waals surface area contributed by atoms with Gasteiger partial charge in [0.05, 0.1) is 18.8 Å². The largest absolute Gasteiger partial charge is 0.487 e. The van der Waals surface area contributed by atoms with Crippen molar-refractivity contribution in [3.05, 3.63) is 71.5 Å². The Balaban J connectivity index is 1.44. The van der Waals surface area contributed by atoms with E-state index in [1.807, 2.05) is 12.1 Å². The number of hydrogen-bond acceptors (Lipinski definition) is 6. The van der Waals surface area contributed by atoms with Crippen LogP contribution in [0.25, 0.3) is 6.08 Å². The smallest absolute Gasteiger partial charge is 0.293 e. The number of nitro groups is 1. The third-order valence-corrected chi connectivity index (χ3v) is 7.97. The molecule has 7 nitrogen and oxygen atoms in total. The predicted molar refractivity (Wildman–Crippen MR) is 139 cm³/mol. The van der Waals surface area contributed by atoms with Gasteiger partial charge in [-0.2, -0.15) is 0 Å². The van der Waals surface area contributed by atoms with Crippen LogP contribution in [0.3, 0.4) is 0 Å². The average Bonchev–Trinajstić information content (AvgIpc) is 3.07. The Labute approximate surface area is 218 Å². The molecule has 0 aromatic heterocycles. The summed E-state index contributed by atoms with van der Waals surface area (Å²) in [7, 11) is 0. The van der Waals surface area contributed by atoms with Gasteiger partial charge in [0.25, 0.3) is 16.8 Å². The third kappa shape index (κ3) is 5.90. The normalized spacial score (nSPS) is 18.1. The van der Waals surface area contributed by atoms with Crippen molar-refractivity contribution in [1.29, 1.82) is 0 Å². The van der Waals surface area contributed by atoms with Crippen LogP contribution in [-0.4, -0.2) is 27.5 Å². The molecule has 1 saturated heterocycles. The standard InChI is InChI=1S/C24H22Br2N2O5S/c25-19-10-17(11-20(26)22(19)33-14-16-6-8-18(9-7-16)28(31)32)12-21-23(29)27(24(30)34-21)13-15-4-2-1-3-5-15/h6-12,15H,1-5,13-14H2/b21-12+. The lowest BCUT2D eigenvalue weighted by Crippen LogP contribution is -2.34. The Kier molecular flexibility index (Phi) is 8.10. The first-order valence-corrected chi connectivity index (χ1v) is 13.3. The lowest BCUT2D eigenvalue weighted by molar-refractivity contribution is -0.384. The second-order valence-electron chi connectivity index (χ2n) is 8.32. The summed E-state index contributed by atoms with van der Waals surface area (Å²) in [6, 6.07) is 9.83. The molecule has 2 aromatic carbocycles. The van der Waals surface area contributed by atoms with E-state index in [-0.39, 0.29) is 23.4 Å². The van der Waals surface area contributed by atoms with Gasteiger partial charge in [-0.1, -0.05) is 19.3 Å². The Morgan fingerprint density at radius 2 is 1.74 bits per heavy atom. The van der Waals surface area contributed by atoms with Crippen LogP contribution < -0.4 is 4.74 Å². The zero-order valence-electron chi connectivity index (χ0n) is 18.2. The SMILES string of the molecule is O=C1S/C(=C/c2cc(Br)c(OCc3ccc([N+](=O)[O-])cc3)c(Br)c2)C(=O)N1CC1CCCCC1. The maximum Gasteiger partial charge on any atom is 0.293 e. The molecule has 1 heterocycles. The molecule has 0 atom stereocenters. The van der Waals surface area contributed by atoms with E-state index >= 15 is 0 Å². The van der Waals surface area contributed by atoms with Crippen LogP contribution in [-0.2, 0) is 11.4 Å². The number of halogens is 2. The fourth-order valence-corrected chi connectivity index (χ4v) is 6.41. The van der Waals surface area contributed by atoms with Crippen LogP contribution in [0.4, 0.5) is 10.5 Å². The van der Waals surface area contributed by atoms with Gasteiger partial charge in [-0.05, 0) is 104 Å². The maximum atomic E-state index is 12.9. The molecule has 2 amide bonds. The van der Waals surface area contributed by atoms with E-state index in [0.717, 1.165) is 48.6 Å². The molecule has 0 N–H and O–H groups in total. The summed E-state index contributed by atoms with van der Waals surface area (Å²) < 4.78 is 7.25. The number of imide groups is 1. The van der Waals surface area contributed by atoms with Crippen molar-refractivity contribution in [3.63, 3.8) is 0 Å². The van der Waals surface area contributed by atoms with Gasteiger partial charge in [-0.3, -0.25) is 24.6 Å². The van der Waals surface area contributed by atoms with E-state index in [9.17, 15) is 19.7 Å². The number of nitrogens with zero attached hydrogens (tertiary/aromatic N) is 2. The maximum absolute atomic E-state index is 12.9. The van der Waals surface area contributed by atoms with Gasteiger partial charge >= 0.3 is 0 Å². The van der Waals surface area contributed by atoms with Gasteiger partial charge in [-0.25, -0.2) is 0 Å². The minimum Gasteiger partial charge on any atom is -0.487 e.